The van der Waals surface area contributed by atoms with Crippen molar-refractivity contribution in [3.05, 3.63) is 16.1 Å². The maximum atomic E-state index is 9.87. The number of aliphatic hydroxyl groups is 1. The van der Waals surface area contributed by atoms with Gasteiger partial charge in [-0.25, -0.2) is 4.98 Å². The fourth-order valence-electron chi connectivity index (χ4n) is 2.70. The van der Waals surface area contributed by atoms with Gasteiger partial charge in [0.1, 0.15) is 0 Å². The molecule has 5 nitrogen and oxygen atoms in total. The molecule has 3 N–H and O–H groups in total. The smallest absolute Gasteiger partial charge is 0.191 e. The lowest BCUT2D eigenvalue weighted by molar-refractivity contribution is 0.136. The first-order valence-corrected chi connectivity index (χ1v) is 9.18. The lowest BCUT2D eigenvalue weighted by Gasteiger charge is -2.14. The van der Waals surface area contributed by atoms with E-state index in [4.69, 9.17) is 0 Å². The van der Waals surface area contributed by atoms with Crippen LogP contribution in [0.25, 0.3) is 0 Å². The van der Waals surface area contributed by atoms with Crippen molar-refractivity contribution in [2.75, 3.05) is 19.6 Å². The predicted molar refractivity (Wildman–Crippen MR) is 92.5 cm³/mol. The standard InChI is InChI=1S/C16H28N4OS/c1-3-13-11-19-15(22-13)8-9-18-16(17-4-2)20-10-12-6-5-7-14(12)21/h11-12,14,21H,3-10H2,1-2H3,(H2,17,18,20). The topological polar surface area (TPSA) is 69.5 Å². The first kappa shape index (κ1) is 17.2. The van der Waals surface area contributed by atoms with Crippen LogP contribution in [0.2, 0.25) is 0 Å². The first-order chi connectivity index (χ1) is 10.7. The van der Waals surface area contributed by atoms with Gasteiger partial charge in [-0.2, -0.15) is 0 Å². The molecule has 6 heteroatoms. The Hall–Kier alpha value is -1.14. The van der Waals surface area contributed by atoms with Crippen LogP contribution in [-0.2, 0) is 12.8 Å². The molecule has 0 saturated heterocycles. The third-order valence-corrected chi connectivity index (χ3v) is 5.23. The van der Waals surface area contributed by atoms with Gasteiger partial charge in [0.2, 0.25) is 0 Å². The minimum atomic E-state index is -0.172. The number of nitrogens with one attached hydrogen (secondary N) is 2. The average molecular weight is 324 g/mol. The van der Waals surface area contributed by atoms with Gasteiger partial charge in [-0.05, 0) is 26.2 Å². The second-order valence-corrected chi connectivity index (χ2v) is 6.93. The number of rotatable bonds is 7. The molecule has 0 spiro atoms. The molecule has 1 aliphatic carbocycles. The highest BCUT2D eigenvalue weighted by Crippen LogP contribution is 2.25. The number of guanidine groups is 1. The average Bonchev–Trinajstić information content (AvgIpc) is 3.13. The molecule has 2 rings (SSSR count). The maximum absolute atomic E-state index is 9.87. The minimum Gasteiger partial charge on any atom is -0.393 e. The molecule has 2 atom stereocenters. The molecule has 1 aromatic heterocycles. The molecule has 2 unspecified atom stereocenters. The summed E-state index contributed by atoms with van der Waals surface area (Å²) in [7, 11) is 0. The molecule has 0 aromatic carbocycles. The summed E-state index contributed by atoms with van der Waals surface area (Å²) < 4.78 is 0. The highest BCUT2D eigenvalue weighted by molar-refractivity contribution is 7.11. The molecule has 0 amide bonds. The Bertz CT molecular complexity index is 474. The van der Waals surface area contributed by atoms with Gasteiger partial charge in [0, 0.05) is 43.0 Å². The van der Waals surface area contributed by atoms with Crippen molar-refractivity contribution >= 4 is 17.3 Å². The van der Waals surface area contributed by atoms with Crippen LogP contribution in [0, 0.1) is 5.92 Å². The van der Waals surface area contributed by atoms with Gasteiger partial charge in [-0.3, -0.25) is 4.99 Å². The Labute approximate surface area is 137 Å². The van der Waals surface area contributed by atoms with Crippen molar-refractivity contribution in [2.24, 2.45) is 10.9 Å². The van der Waals surface area contributed by atoms with E-state index in [1.54, 1.807) is 11.3 Å². The molecule has 124 valence electrons. The number of aliphatic imine (C=N–C) groups is 1. The second-order valence-electron chi connectivity index (χ2n) is 5.73. The van der Waals surface area contributed by atoms with Crippen LogP contribution < -0.4 is 10.6 Å². The maximum Gasteiger partial charge on any atom is 0.191 e. The number of hydrogen-bond donors (Lipinski definition) is 3. The van der Waals surface area contributed by atoms with Gasteiger partial charge in [-0.15, -0.1) is 11.3 Å². The van der Waals surface area contributed by atoms with Gasteiger partial charge in [0.05, 0.1) is 11.1 Å². The normalized spacial score (nSPS) is 22.0. The first-order valence-electron chi connectivity index (χ1n) is 8.36. The minimum absolute atomic E-state index is 0.172. The van der Waals surface area contributed by atoms with Crippen molar-refractivity contribution in [3.63, 3.8) is 0 Å². The van der Waals surface area contributed by atoms with Crippen LogP contribution in [0.1, 0.15) is 43.0 Å². The largest absolute Gasteiger partial charge is 0.393 e. The van der Waals surface area contributed by atoms with Crippen molar-refractivity contribution in [2.45, 2.75) is 52.1 Å². The van der Waals surface area contributed by atoms with Crippen molar-refractivity contribution < 1.29 is 5.11 Å². The van der Waals surface area contributed by atoms with Gasteiger partial charge >= 0.3 is 0 Å². The second kappa shape index (κ2) is 9.10. The van der Waals surface area contributed by atoms with E-state index < -0.39 is 0 Å². The van der Waals surface area contributed by atoms with Gasteiger partial charge < -0.3 is 15.7 Å². The molecule has 1 saturated carbocycles. The zero-order valence-corrected chi connectivity index (χ0v) is 14.5. The van der Waals surface area contributed by atoms with Gasteiger partial charge in [0.15, 0.2) is 5.96 Å². The quantitative estimate of drug-likeness (QED) is 0.530. The lowest BCUT2D eigenvalue weighted by atomic mass is 10.1. The van der Waals surface area contributed by atoms with Crippen molar-refractivity contribution in [1.29, 1.82) is 0 Å². The van der Waals surface area contributed by atoms with Crippen LogP contribution in [0.4, 0.5) is 0 Å². The lowest BCUT2D eigenvalue weighted by Crippen LogP contribution is -2.39. The van der Waals surface area contributed by atoms with E-state index in [2.05, 4.69) is 34.5 Å². The van der Waals surface area contributed by atoms with Crippen LogP contribution in [0.3, 0.4) is 0 Å². The number of thiazole rings is 1. The van der Waals surface area contributed by atoms with E-state index in [-0.39, 0.29) is 6.10 Å². The monoisotopic (exact) mass is 324 g/mol. The van der Waals surface area contributed by atoms with E-state index in [1.807, 2.05) is 6.20 Å². The fraction of sp³-hybridized carbons (Fsp3) is 0.750. The summed E-state index contributed by atoms with van der Waals surface area (Å²) in [6.07, 6.45) is 6.90. The van der Waals surface area contributed by atoms with Crippen LogP contribution >= 0.6 is 11.3 Å². The fourth-order valence-corrected chi connectivity index (χ4v) is 3.56. The third-order valence-electron chi connectivity index (χ3n) is 4.03. The number of aliphatic hydroxyl groups excluding tert-OH is 1. The number of aryl methyl sites for hydroxylation is 1. The molecule has 1 aromatic rings. The van der Waals surface area contributed by atoms with E-state index >= 15 is 0 Å². The summed E-state index contributed by atoms with van der Waals surface area (Å²) >= 11 is 1.79. The Balaban J connectivity index is 1.77. The number of hydrogen-bond acceptors (Lipinski definition) is 4. The molecular weight excluding hydrogens is 296 g/mol. The molecule has 0 bridgehead atoms. The summed E-state index contributed by atoms with van der Waals surface area (Å²) in [5.74, 6) is 1.16. The van der Waals surface area contributed by atoms with Crippen LogP contribution in [0.5, 0.6) is 0 Å². The highest BCUT2D eigenvalue weighted by atomic mass is 32.1. The molecule has 1 fully saturated rings. The van der Waals surface area contributed by atoms with Crippen molar-refractivity contribution in [3.8, 4) is 0 Å². The Morgan fingerprint density at radius 2 is 2.27 bits per heavy atom. The van der Waals surface area contributed by atoms with Crippen molar-refractivity contribution in [1.82, 2.24) is 15.6 Å². The van der Waals surface area contributed by atoms with E-state index in [0.29, 0.717) is 12.5 Å². The SMILES string of the molecule is CCNC(=NCC1CCCC1O)NCCc1ncc(CC)s1. The van der Waals surface area contributed by atoms with E-state index in [9.17, 15) is 5.11 Å². The van der Waals surface area contributed by atoms with Crippen LogP contribution in [0.15, 0.2) is 11.2 Å². The molecule has 0 aliphatic heterocycles. The molecule has 22 heavy (non-hydrogen) atoms. The summed E-state index contributed by atoms with van der Waals surface area (Å²) in [5.41, 5.74) is 0. The molecular formula is C16H28N4OS. The summed E-state index contributed by atoms with van der Waals surface area (Å²) in [5, 5.41) is 17.7. The molecule has 0 radical (unpaired) electrons. The summed E-state index contributed by atoms with van der Waals surface area (Å²) in [6.45, 7) is 6.60. The molecule has 1 heterocycles. The number of nitrogens with zero attached hydrogens (tertiary/aromatic N) is 2. The van der Waals surface area contributed by atoms with E-state index in [1.165, 1.54) is 9.88 Å². The van der Waals surface area contributed by atoms with E-state index in [0.717, 1.165) is 51.2 Å². The summed E-state index contributed by atoms with van der Waals surface area (Å²) in [6, 6.07) is 0. The highest BCUT2D eigenvalue weighted by Gasteiger charge is 2.24. The zero-order chi connectivity index (χ0) is 15.8. The summed E-state index contributed by atoms with van der Waals surface area (Å²) in [4.78, 5) is 10.4. The van der Waals surface area contributed by atoms with Gasteiger partial charge in [0.25, 0.3) is 0 Å². The van der Waals surface area contributed by atoms with Gasteiger partial charge in [-0.1, -0.05) is 13.3 Å². The Kier molecular flexibility index (Phi) is 7.12. The third kappa shape index (κ3) is 5.25. The number of aromatic nitrogens is 1. The van der Waals surface area contributed by atoms with Crippen LogP contribution in [-0.4, -0.2) is 41.8 Å². The zero-order valence-electron chi connectivity index (χ0n) is 13.6. The molecule has 1 aliphatic rings. The predicted octanol–water partition coefficient (Wildman–Crippen LogP) is 1.96. The Morgan fingerprint density at radius 1 is 1.41 bits per heavy atom. The Morgan fingerprint density at radius 3 is 2.91 bits per heavy atom.